The number of ether oxygens (including phenoxy) is 2. The highest BCUT2D eigenvalue weighted by molar-refractivity contribution is 6.31. The quantitative estimate of drug-likeness (QED) is 0.854. The number of nitrogens with one attached hydrogen (secondary N) is 1. The van der Waals surface area contributed by atoms with Crippen LogP contribution in [0.1, 0.15) is 31.0 Å². The molecule has 0 unspecified atom stereocenters. The van der Waals surface area contributed by atoms with Crippen molar-refractivity contribution in [1.82, 2.24) is 4.98 Å². The Hall–Kier alpha value is -2.11. The Balaban J connectivity index is 1.91. The Kier molecular flexibility index (Phi) is 5.79. The minimum Gasteiger partial charge on any atom is -0.478 e. The van der Waals surface area contributed by atoms with Crippen molar-refractivity contribution in [3.8, 4) is 5.88 Å². The van der Waals surface area contributed by atoms with Gasteiger partial charge in [0.2, 0.25) is 11.8 Å². The van der Waals surface area contributed by atoms with Gasteiger partial charge in [-0.1, -0.05) is 29.8 Å². The van der Waals surface area contributed by atoms with Crippen molar-refractivity contribution in [2.24, 2.45) is 0 Å². The molecule has 0 radical (unpaired) electrons. The largest absolute Gasteiger partial charge is 0.478 e. The Morgan fingerprint density at radius 2 is 2.00 bits per heavy atom. The standard InChI is InChI=1S/C20H23ClN2O3/c1-3-26-18-9-8-17(14(2)22-18)23-19(24)20(10-12-25-13-11-20)15-6-4-5-7-16(15)21/h4-9H,3,10-13H2,1-2H3,(H,23,24). The van der Waals surface area contributed by atoms with E-state index in [4.69, 9.17) is 21.1 Å². The van der Waals surface area contributed by atoms with Crippen LogP contribution in [0.5, 0.6) is 5.88 Å². The molecule has 138 valence electrons. The molecule has 1 aliphatic heterocycles. The minimum atomic E-state index is -0.707. The second-order valence-electron chi connectivity index (χ2n) is 6.34. The smallest absolute Gasteiger partial charge is 0.235 e. The first-order chi connectivity index (χ1) is 12.6. The maximum absolute atomic E-state index is 13.3. The van der Waals surface area contributed by atoms with Crippen molar-refractivity contribution < 1.29 is 14.3 Å². The van der Waals surface area contributed by atoms with Gasteiger partial charge in [-0.25, -0.2) is 4.98 Å². The highest BCUT2D eigenvalue weighted by Crippen LogP contribution is 2.39. The number of benzene rings is 1. The predicted octanol–water partition coefficient (Wildman–Crippen LogP) is 4.13. The fraction of sp³-hybridized carbons (Fsp3) is 0.400. The molecule has 26 heavy (non-hydrogen) atoms. The molecule has 0 aliphatic carbocycles. The topological polar surface area (TPSA) is 60.5 Å². The Labute approximate surface area is 158 Å². The maximum Gasteiger partial charge on any atom is 0.235 e. The molecule has 1 saturated heterocycles. The number of nitrogens with zero attached hydrogens (tertiary/aromatic N) is 1. The van der Waals surface area contributed by atoms with Gasteiger partial charge in [-0.2, -0.15) is 0 Å². The van der Waals surface area contributed by atoms with E-state index in [-0.39, 0.29) is 5.91 Å². The molecular formula is C20H23ClN2O3. The van der Waals surface area contributed by atoms with E-state index in [1.807, 2.05) is 44.2 Å². The SMILES string of the molecule is CCOc1ccc(NC(=O)C2(c3ccccc3Cl)CCOCC2)c(C)n1. The third-order valence-electron chi connectivity index (χ3n) is 4.77. The molecule has 3 rings (SSSR count). The maximum atomic E-state index is 13.3. The van der Waals surface area contributed by atoms with E-state index < -0.39 is 5.41 Å². The van der Waals surface area contributed by atoms with E-state index in [0.717, 1.165) is 5.56 Å². The molecule has 0 atom stereocenters. The van der Waals surface area contributed by atoms with Gasteiger partial charge < -0.3 is 14.8 Å². The Morgan fingerprint density at radius 1 is 1.27 bits per heavy atom. The fourth-order valence-corrected chi connectivity index (χ4v) is 3.64. The van der Waals surface area contributed by atoms with Crippen LogP contribution in [0.3, 0.4) is 0 Å². The van der Waals surface area contributed by atoms with Crippen LogP contribution in [0, 0.1) is 6.92 Å². The zero-order valence-corrected chi connectivity index (χ0v) is 15.8. The minimum absolute atomic E-state index is 0.0806. The van der Waals surface area contributed by atoms with Gasteiger partial charge in [0.25, 0.3) is 0 Å². The molecular weight excluding hydrogens is 352 g/mol. The van der Waals surface area contributed by atoms with Crippen LogP contribution in [0.25, 0.3) is 0 Å². The second-order valence-corrected chi connectivity index (χ2v) is 6.75. The van der Waals surface area contributed by atoms with Crippen LogP contribution in [0.4, 0.5) is 5.69 Å². The van der Waals surface area contributed by atoms with Crippen LogP contribution in [0.15, 0.2) is 36.4 Å². The summed E-state index contributed by atoms with van der Waals surface area (Å²) in [6.07, 6.45) is 1.18. The lowest BCUT2D eigenvalue weighted by molar-refractivity contribution is -0.125. The zero-order valence-electron chi connectivity index (χ0n) is 15.0. The van der Waals surface area contributed by atoms with E-state index in [0.29, 0.717) is 54.9 Å². The molecule has 5 nitrogen and oxygen atoms in total. The summed E-state index contributed by atoms with van der Waals surface area (Å²) >= 11 is 6.43. The number of pyridine rings is 1. The molecule has 0 spiro atoms. The van der Waals surface area contributed by atoms with Gasteiger partial charge in [-0.15, -0.1) is 0 Å². The molecule has 2 heterocycles. The number of anilines is 1. The number of carbonyl (C=O) groups excluding carboxylic acids is 1. The first-order valence-corrected chi connectivity index (χ1v) is 9.19. The number of amides is 1. The third-order valence-corrected chi connectivity index (χ3v) is 5.10. The normalized spacial score (nSPS) is 16.1. The van der Waals surface area contributed by atoms with E-state index in [1.54, 1.807) is 6.07 Å². The molecule has 1 aromatic carbocycles. The summed E-state index contributed by atoms with van der Waals surface area (Å²) in [7, 11) is 0. The number of rotatable bonds is 5. The fourth-order valence-electron chi connectivity index (χ4n) is 3.33. The molecule has 0 bridgehead atoms. The van der Waals surface area contributed by atoms with Crippen LogP contribution in [-0.4, -0.2) is 30.7 Å². The van der Waals surface area contributed by atoms with Gasteiger partial charge in [0.05, 0.1) is 23.4 Å². The van der Waals surface area contributed by atoms with Crippen LogP contribution >= 0.6 is 11.6 Å². The lowest BCUT2D eigenvalue weighted by Crippen LogP contribution is -2.45. The number of halogens is 1. The number of hydrogen-bond acceptors (Lipinski definition) is 4. The number of aromatic nitrogens is 1. The molecule has 1 fully saturated rings. The summed E-state index contributed by atoms with van der Waals surface area (Å²) in [5.41, 5.74) is 1.53. The van der Waals surface area contributed by atoms with Crippen molar-refractivity contribution in [2.75, 3.05) is 25.1 Å². The van der Waals surface area contributed by atoms with Crippen molar-refractivity contribution in [3.05, 3.63) is 52.7 Å². The highest BCUT2D eigenvalue weighted by Gasteiger charge is 2.43. The van der Waals surface area contributed by atoms with Crippen LogP contribution in [-0.2, 0) is 14.9 Å². The molecule has 1 N–H and O–H groups in total. The van der Waals surface area contributed by atoms with Crippen molar-refractivity contribution in [2.45, 2.75) is 32.1 Å². The van der Waals surface area contributed by atoms with E-state index in [9.17, 15) is 4.79 Å². The Bertz CT molecular complexity index is 788. The van der Waals surface area contributed by atoms with Crippen LogP contribution in [0.2, 0.25) is 5.02 Å². The third kappa shape index (κ3) is 3.69. The summed E-state index contributed by atoms with van der Waals surface area (Å²) in [5.74, 6) is 0.470. The summed E-state index contributed by atoms with van der Waals surface area (Å²) < 4.78 is 10.9. The lowest BCUT2D eigenvalue weighted by Gasteiger charge is -2.36. The molecule has 0 saturated carbocycles. The van der Waals surface area contributed by atoms with Crippen molar-refractivity contribution in [1.29, 1.82) is 0 Å². The first kappa shape index (κ1) is 18.7. The van der Waals surface area contributed by atoms with Gasteiger partial charge >= 0.3 is 0 Å². The molecule has 1 amide bonds. The van der Waals surface area contributed by atoms with Gasteiger partial charge in [-0.05, 0) is 44.4 Å². The first-order valence-electron chi connectivity index (χ1n) is 8.81. The Morgan fingerprint density at radius 3 is 2.65 bits per heavy atom. The van der Waals surface area contributed by atoms with Crippen molar-refractivity contribution >= 4 is 23.2 Å². The monoisotopic (exact) mass is 374 g/mol. The second kappa shape index (κ2) is 8.06. The molecule has 1 aromatic heterocycles. The number of carbonyl (C=O) groups is 1. The summed E-state index contributed by atoms with van der Waals surface area (Å²) in [4.78, 5) is 17.7. The van der Waals surface area contributed by atoms with Gasteiger partial charge in [0.15, 0.2) is 0 Å². The van der Waals surface area contributed by atoms with Gasteiger partial charge in [0.1, 0.15) is 0 Å². The van der Waals surface area contributed by atoms with Crippen LogP contribution < -0.4 is 10.1 Å². The summed E-state index contributed by atoms with van der Waals surface area (Å²) in [6, 6.07) is 11.1. The molecule has 6 heteroatoms. The average Bonchev–Trinajstić information content (AvgIpc) is 2.65. The van der Waals surface area contributed by atoms with E-state index in [2.05, 4.69) is 10.3 Å². The summed E-state index contributed by atoms with van der Waals surface area (Å²) in [6.45, 7) is 5.36. The lowest BCUT2D eigenvalue weighted by atomic mass is 9.73. The van der Waals surface area contributed by atoms with Gasteiger partial charge in [0, 0.05) is 24.3 Å². The number of hydrogen-bond donors (Lipinski definition) is 1. The molecule has 1 aliphatic rings. The number of aryl methyl sites for hydroxylation is 1. The van der Waals surface area contributed by atoms with E-state index >= 15 is 0 Å². The highest BCUT2D eigenvalue weighted by atomic mass is 35.5. The molecule has 2 aromatic rings. The van der Waals surface area contributed by atoms with E-state index in [1.165, 1.54) is 0 Å². The summed E-state index contributed by atoms with van der Waals surface area (Å²) in [5, 5.41) is 3.65. The predicted molar refractivity (Wildman–Crippen MR) is 102 cm³/mol. The zero-order chi connectivity index (χ0) is 18.6. The van der Waals surface area contributed by atoms with Gasteiger partial charge in [-0.3, -0.25) is 4.79 Å². The van der Waals surface area contributed by atoms with Crippen molar-refractivity contribution in [3.63, 3.8) is 0 Å². The average molecular weight is 375 g/mol.